The Labute approximate surface area is 110 Å². The largest absolute Gasteiger partial charge is 0.380 e. The molecule has 1 saturated carbocycles. The number of carbonyl (C=O) groups is 1. The van der Waals surface area contributed by atoms with Crippen molar-refractivity contribution < 1.29 is 9.53 Å². The Morgan fingerprint density at radius 2 is 1.94 bits per heavy atom. The highest BCUT2D eigenvalue weighted by molar-refractivity contribution is 5.80. The second-order valence-corrected chi connectivity index (χ2v) is 5.82. The summed E-state index contributed by atoms with van der Waals surface area (Å²) in [5, 5.41) is 0. The van der Waals surface area contributed by atoms with E-state index in [2.05, 4.69) is 4.90 Å². The van der Waals surface area contributed by atoms with Crippen LogP contribution in [-0.2, 0) is 9.53 Å². The highest BCUT2D eigenvalue weighted by Crippen LogP contribution is 2.27. The molecule has 4 heteroatoms. The lowest BCUT2D eigenvalue weighted by molar-refractivity contribution is -0.122. The van der Waals surface area contributed by atoms with Crippen LogP contribution in [0.4, 0.5) is 0 Å². The number of hydrogen-bond donors (Lipinski definition) is 1. The highest BCUT2D eigenvalue weighted by atomic mass is 16.5. The second kappa shape index (κ2) is 6.53. The summed E-state index contributed by atoms with van der Waals surface area (Å²) in [5.74, 6) is 0.549. The van der Waals surface area contributed by atoms with Crippen molar-refractivity contribution >= 4 is 5.91 Å². The molecule has 2 atom stereocenters. The fourth-order valence-electron chi connectivity index (χ4n) is 3.41. The van der Waals surface area contributed by atoms with Gasteiger partial charge >= 0.3 is 0 Å². The van der Waals surface area contributed by atoms with Crippen LogP contribution < -0.4 is 5.73 Å². The van der Waals surface area contributed by atoms with Crippen LogP contribution in [-0.4, -0.2) is 43.2 Å². The molecule has 0 spiro atoms. The Balaban J connectivity index is 1.91. The number of amides is 1. The minimum absolute atomic E-state index is 0.113. The van der Waals surface area contributed by atoms with E-state index in [-0.39, 0.29) is 18.1 Å². The number of ether oxygens (including phenoxy) is 1. The standard InChI is InChI=1S/C14H26N2O2/c1-18-12-8-13(14(15)17)16(10-12)9-11-6-4-2-3-5-7-11/h11-13H,2-10H2,1H3,(H2,15,17)/t12-,13-/m0/s1. The first-order valence-electron chi connectivity index (χ1n) is 7.27. The van der Waals surface area contributed by atoms with Gasteiger partial charge in [0.15, 0.2) is 0 Å². The summed E-state index contributed by atoms with van der Waals surface area (Å²) in [7, 11) is 1.72. The molecule has 2 fully saturated rings. The van der Waals surface area contributed by atoms with E-state index >= 15 is 0 Å². The van der Waals surface area contributed by atoms with Crippen LogP contribution in [0.2, 0.25) is 0 Å². The Morgan fingerprint density at radius 3 is 2.50 bits per heavy atom. The predicted octanol–water partition coefficient (Wildman–Crippen LogP) is 1.53. The zero-order valence-electron chi connectivity index (χ0n) is 11.4. The molecular formula is C14H26N2O2. The monoisotopic (exact) mass is 254 g/mol. The van der Waals surface area contributed by atoms with Crippen molar-refractivity contribution in [3.8, 4) is 0 Å². The Kier molecular flexibility index (Phi) is 5.01. The SMILES string of the molecule is CO[C@H]1C[C@@H](C(N)=O)N(CC2CCCCCC2)C1. The fourth-order valence-corrected chi connectivity index (χ4v) is 3.41. The smallest absolute Gasteiger partial charge is 0.234 e. The molecule has 1 amide bonds. The number of nitrogens with two attached hydrogens (primary N) is 1. The van der Waals surface area contributed by atoms with Crippen molar-refractivity contribution in [3.05, 3.63) is 0 Å². The zero-order chi connectivity index (χ0) is 13.0. The maximum atomic E-state index is 11.5. The van der Waals surface area contributed by atoms with E-state index in [0.717, 1.165) is 25.4 Å². The third-order valence-electron chi connectivity index (χ3n) is 4.49. The Morgan fingerprint density at radius 1 is 1.28 bits per heavy atom. The molecule has 1 aliphatic heterocycles. The van der Waals surface area contributed by atoms with Gasteiger partial charge in [0.2, 0.25) is 5.91 Å². The first-order chi connectivity index (χ1) is 8.70. The average Bonchev–Trinajstić information content (AvgIpc) is 2.58. The van der Waals surface area contributed by atoms with Gasteiger partial charge in [-0.15, -0.1) is 0 Å². The number of carbonyl (C=O) groups excluding carboxylic acids is 1. The molecule has 0 aromatic heterocycles. The molecule has 1 aliphatic carbocycles. The van der Waals surface area contributed by atoms with Gasteiger partial charge in [-0.1, -0.05) is 25.7 Å². The number of hydrogen-bond acceptors (Lipinski definition) is 3. The summed E-state index contributed by atoms with van der Waals surface area (Å²) >= 11 is 0. The van der Waals surface area contributed by atoms with E-state index in [9.17, 15) is 4.79 Å². The van der Waals surface area contributed by atoms with E-state index in [1.54, 1.807) is 7.11 Å². The maximum absolute atomic E-state index is 11.5. The minimum Gasteiger partial charge on any atom is -0.380 e. The topological polar surface area (TPSA) is 55.6 Å². The lowest BCUT2D eigenvalue weighted by Crippen LogP contribution is -2.42. The van der Waals surface area contributed by atoms with Crippen molar-refractivity contribution in [3.63, 3.8) is 0 Å². The first kappa shape index (κ1) is 13.8. The summed E-state index contributed by atoms with van der Waals surface area (Å²) in [5.41, 5.74) is 5.50. The second-order valence-electron chi connectivity index (χ2n) is 5.82. The summed E-state index contributed by atoms with van der Waals surface area (Å²) in [6.07, 6.45) is 8.97. The molecule has 0 bridgehead atoms. The molecule has 0 aromatic carbocycles. The Hall–Kier alpha value is -0.610. The van der Waals surface area contributed by atoms with Crippen LogP contribution in [0.5, 0.6) is 0 Å². The van der Waals surface area contributed by atoms with E-state index in [0.29, 0.717) is 0 Å². The zero-order valence-corrected chi connectivity index (χ0v) is 11.4. The van der Waals surface area contributed by atoms with Gasteiger partial charge in [-0.2, -0.15) is 0 Å². The highest BCUT2D eigenvalue weighted by Gasteiger charge is 2.36. The normalized spacial score (nSPS) is 31.4. The van der Waals surface area contributed by atoms with Crippen LogP contribution in [0.1, 0.15) is 44.9 Å². The molecule has 1 heterocycles. The molecule has 4 nitrogen and oxygen atoms in total. The molecule has 104 valence electrons. The van der Waals surface area contributed by atoms with Gasteiger partial charge in [0.05, 0.1) is 12.1 Å². The molecule has 0 aromatic rings. The molecule has 2 rings (SSSR count). The number of nitrogens with zero attached hydrogens (tertiary/aromatic N) is 1. The Bertz CT molecular complexity index is 275. The van der Waals surface area contributed by atoms with Crippen LogP contribution in [0.25, 0.3) is 0 Å². The molecule has 1 saturated heterocycles. The van der Waals surface area contributed by atoms with Gasteiger partial charge in [-0.3, -0.25) is 9.69 Å². The summed E-state index contributed by atoms with van der Waals surface area (Å²) < 4.78 is 5.39. The third-order valence-corrected chi connectivity index (χ3v) is 4.49. The average molecular weight is 254 g/mol. The number of primary amides is 1. The molecular weight excluding hydrogens is 228 g/mol. The van der Waals surface area contributed by atoms with Crippen molar-refractivity contribution in [2.24, 2.45) is 11.7 Å². The van der Waals surface area contributed by atoms with Gasteiger partial charge in [0, 0.05) is 20.2 Å². The molecule has 18 heavy (non-hydrogen) atoms. The number of methoxy groups -OCH3 is 1. The summed E-state index contributed by atoms with van der Waals surface area (Å²) in [6.45, 7) is 1.88. The van der Waals surface area contributed by atoms with Crippen LogP contribution >= 0.6 is 0 Å². The van der Waals surface area contributed by atoms with E-state index in [1.165, 1.54) is 38.5 Å². The van der Waals surface area contributed by atoms with Gasteiger partial charge in [-0.25, -0.2) is 0 Å². The summed E-state index contributed by atoms with van der Waals surface area (Å²) in [4.78, 5) is 13.8. The van der Waals surface area contributed by atoms with E-state index < -0.39 is 0 Å². The molecule has 2 N–H and O–H groups in total. The van der Waals surface area contributed by atoms with E-state index in [1.807, 2.05) is 0 Å². The lowest BCUT2D eigenvalue weighted by Gasteiger charge is -2.26. The predicted molar refractivity (Wildman–Crippen MR) is 71.2 cm³/mol. The summed E-state index contributed by atoms with van der Waals surface area (Å²) in [6, 6.07) is -0.113. The van der Waals surface area contributed by atoms with Crippen molar-refractivity contribution in [1.82, 2.24) is 4.90 Å². The molecule has 2 aliphatic rings. The van der Waals surface area contributed by atoms with Crippen molar-refractivity contribution in [2.45, 2.75) is 57.1 Å². The molecule has 0 radical (unpaired) electrons. The number of rotatable bonds is 4. The minimum atomic E-state index is -0.192. The third kappa shape index (κ3) is 3.45. The van der Waals surface area contributed by atoms with Crippen LogP contribution in [0.3, 0.4) is 0 Å². The van der Waals surface area contributed by atoms with Gasteiger partial charge in [0.25, 0.3) is 0 Å². The molecule has 0 unspecified atom stereocenters. The quantitative estimate of drug-likeness (QED) is 0.774. The van der Waals surface area contributed by atoms with Crippen LogP contribution in [0, 0.1) is 5.92 Å². The van der Waals surface area contributed by atoms with Crippen molar-refractivity contribution in [1.29, 1.82) is 0 Å². The van der Waals surface area contributed by atoms with Gasteiger partial charge in [-0.05, 0) is 25.2 Å². The lowest BCUT2D eigenvalue weighted by atomic mass is 9.99. The fraction of sp³-hybridized carbons (Fsp3) is 0.929. The van der Waals surface area contributed by atoms with Gasteiger partial charge in [0.1, 0.15) is 0 Å². The van der Waals surface area contributed by atoms with Crippen LogP contribution in [0.15, 0.2) is 0 Å². The maximum Gasteiger partial charge on any atom is 0.234 e. The first-order valence-corrected chi connectivity index (χ1v) is 7.27. The van der Waals surface area contributed by atoms with E-state index in [4.69, 9.17) is 10.5 Å². The van der Waals surface area contributed by atoms with Crippen molar-refractivity contribution in [2.75, 3.05) is 20.2 Å². The van der Waals surface area contributed by atoms with Gasteiger partial charge < -0.3 is 10.5 Å². The number of likely N-dealkylation sites (tertiary alicyclic amines) is 1.